The fourth-order valence-corrected chi connectivity index (χ4v) is 2.74. The largest absolute Gasteiger partial charge is 0.491 e. The number of morpholine rings is 1. The van der Waals surface area contributed by atoms with Crippen LogP contribution in [0.1, 0.15) is 12.5 Å². The number of carbonyl (C=O) groups is 1. The van der Waals surface area contributed by atoms with Gasteiger partial charge in [0.15, 0.2) is 0 Å². The summed E-state index contributed by atoms with van der Waals surface area (Å²) in [6.45, 7) is 3.81. The summed E-state index contributed by atoms with van der Waals surface area (Å²) in [5.41, 5.74) is 1.14. The van der Waals surface area contributed by atoms with E-state index in [1.807, 2.05) is 31.2 Å². The highest BCUT2D eigenvalue weighted by Crippen LogP contribution is 2.23. The second-order valence-corrected chi connectivity index (χ2v) is 5.34. The smallest absolute Gasteiger partial charge is 0.240 e. The summed E-state index contributed by atoms with van der Waals surface area (Å²) >= 11 is 0. The van der Waals surface area contributed by atoms with Gasteiger partial charge in [-0.15, -0.1) is 12.4 Å². The van der Waals surface area contributed by atoms with E-state index in [1.54, 1.807) is 0 Å². The molecule has 1 saturated heterocycles. The zero-order valence-electron chi connectivity index (χ0n) is 12.0. The molecule has 3 atom stereocenters. The van der Waals surface area contributed by atoms with Crippen LogP contribution in [0.2, 0.25) is 0 Å². The Balaban J connectivity index is 0.00000161. The number of halogens is 1. The molecule has 2 heterocycles. The van der Waals surface area contributed by atoms with Gasteiger partial charge in [-0.3, -0.25) is 4.79 Å². The maximum absolute atomic E-state index is 12.3. The number of para-hydroxylation sites is 1. The van der Waals surface area contributed by atoms with Crippen LogP contribution < -0.4 is 15.4 Å². The van der Waals surface area contributed by atoms with Crippen molar-refractivity contribution < 1.29 is 14.3 Å². The van der Waals surface area contributed by atoms with Crippen LogP contribution in [-0.4, -0.2) is 43.9 Å². The first kappa shape index (κ1) is 16.1. The van der Waals surface area contributed by atoms with E-state index in [0.717, 1.165) is 17.7 Å². The topological polar surface area (TPSA) is 59.6 Å². The van der Waals surface area contributed by atoms with E-state index in [1.165, 1.54) is 0 Å². The zero-order valence-corrected chi connectivity index (χ0v) is 12.8. The van der Waals surface area contributed by atoms with Crippen molar-refractivity contribution in [3.63, 3.8) is 0 Å². The maximum atomic E-state index is 12.3. The standard InChI is InChI=1S/C15H20N2O3.ClH/c1-10-14(16-6-7-19-10)15(18)17-12-8-11-4-2-3-5-13(11)20-9-12;/h2-5,10,12,14,16H,6-9H2,1H3,(H,17,18);1H/t10-,12?,14+;/m1./s1. The first-order valence-electron chi connectivity index (χ1n) is 7.10. The molecule has 2 N–H and O–H groups in total. The second-order valence-electron chi connectivity index (χ2n) is 5.34. The third-order valence-electron chi connectivity index (χ3n) is 3.82. The van der Waals surface area contributed by atoms with E-state index in [0.29, 0.717) is 19.8 Å². The Morgan fingerprint density at radius 3 is 3.00 bits per heavy atom. The average Bonchev–Trinajstić information content (AvgIpc) is 2.47. The molecule has 1 aromatic carbocycles. The van der Waals surface area contributed by atoms with Crippen LogP contribution in [0.15, 0.2) is 24.3 Å². The Bertz CT molecular complexity index is 498. The molecule has 1 amide bonds. The predicted octanol–water partition coefficient (Wildman–Crippen LogP) is 0.905. The molecule has 1 fully saturated rings. The fourth-order valence-electron chi connectivity index (χ4n) is 2.74. The molecule has 6 heteroatoms. The normalized spacial score (nSPS) is 27.8. The van der Waals surface area contributed by atoms with Crippen LogP contribution in [0, 0.1) is 0 Å². The molecule has 116 valence electrons. The van der Waals surface area contributed by atoms with Crippen molar-refractivity contribution in [2.45, 2.75) is 31.5 Å². The van der Waals surface area contributed by atoms with Gasteiger partial charge in [-0.25, -0.2) is 0 Å². The van der Waals surface area contributed by atoms with Crippen molar-refractivity contribution in [1.29, 1.82) is 0 Å². The monoisotopic (exact) mass is 312 g/mol. The lowest BCUT2D eigenvalue weighted by molar-refractivity contribution is -0.129. The third kappa shape index (κ3) is 3.67. The van der Waals surface area contributed by atoms with Gasteiger partial charge in [0.25, 0.3) is 0 Å². The Hall–Kier alpha value is -1.30. The molecule has 21 heavy (non-hydrogen) atoms. The van der Waals surface area contributed by atoms with Crippen LogP contribution in [0.3, 0.4) is 0 Å². The summed E-state index contributed by atoms with van der Waals surface area (Å²) in [5.74, 6) is 0.913. The van der Waals surface area contributed by atoms with Gasteiger partial charge in [0.1, 0.15) is 18.4 Å². The van der Waals surface area contributed by atoms with Gasteiger partial charge < -0.3 is 20.1 Å². The number of amides is 1. The number of ether oxygens (including phenoxy) is 2. The minimum Gasteiger partial charge on any atom is -0.491 e. The van der Waals surface area contributed by atoms with Gasteiger partial charge in [-0.2, -0.15) is 0 Å². The highest BCUT2D eigenvalue weighted by molar-refractivity contribution is 5.85. The lowest BCUT2D eigenvalue weighted by Gasteiger charge is -2.32. The van der Waals surface area contributed by atoms with Gasteiger partial charge in [0.2, 0.25) is 5.91 Å². The summed E-state index contributed by atoms with van der Waals surface area (Å²) < 4.78 is 11.2. The van der Waals surface area contributed by atoms with Crippen molar-refractivity contribution in [1.82, 2.24) is 10.6 Å². The van der Waals surface area contributed by atoms with Gasteiger partial charge in [0, 0.05) is 6.54 Å². The first-order valence-corrected chi connectivity index (χ1v) is 7.10. The second kappa shape index (κ2) is 7.11. The number of hydrogen-bond donors (Lipinski definition) is 2. The highest BCUT2D eigenvalue weighted by atomic mass is 35.5. The fraction of sp³-hybridized carbons (Fsp3) is 0.533. The van der Waals surface area contributed by atoms with Crippen LogP contribution >= 0.6 is 12.4 Å². The lowest BCUT2D eigenvalue weighted by Crippen LogP contribution is -2.58. The number of fused-ring (bicyclic) bond motifs is 1. The molecule has 0 aliphatic carbocycles. The third-order valence-corrected chi connectivity index (χ3v) is 3.82. The van der Waals surface area contributed by atoms with Gasteiger partial charge >= 0.3 is 0 Å². The van der Waals surface area contributed by atoms with E-state index in [2.05, 4.69) is 10.6 Å². The van der Waals surface area contributed by atoms with Crippen LogP contribution in [0.5, 0.6) is 5.75 Å². The molecule has 1 unspecified atom stereocenters. The van der Waals surface area contributed by atoms with E-state index in [4.69, 9.17) is 9.47 Å². The van der Waals surface area contributed by atoms with Crippen molar-refractivity contribution in [2.75, 3.05) is 19.8 Å². The van der Waals surface area contributed by atoms with Crippen LogP contribution in [0.25, 0.3) is 0 Å². The van der Waals surface area contributed by atoms with E-state index in [-0.39, 0.29) is 36.5 Å². The molecular weight excluding hydrogens is 292 g/mol. The molecule has 2 aliphatic heterocycles. The van der Waals surface area contributed by atoms with Gasteiger partial charge in [-0.05, 0) is 25.0 Å². The Kier molecular flexibility index (Phi) is 5.45. The SMILES string of the molecule is C[C@H]1OCCN[C@@H]1C(=O)NC1COc2ccccc2C1.Cl. The average molecular weight is 313 g/mol. The molecule has 1 aromatic rings. The molecule has 2 aliphatic rings. The van der Waals surface area contributed by atoms with E-state index >= 15 is 0 Å². The van der Waals surface area contributed by atoms with Gasteiger partial charge in [0.05, 0.1) is 18.8 Å². The summed E-state index contributed by atoms with van der Waals surface area (Å²) in [5, 5.41) is 6.25. The molecule has 5 nitrogen and oxygen atoms in total. The lowest BCUT2D eigenvalue weighted by atomic mass is 10.0. The molecular formula is C15H21ClN2O3. The summed E-state index contributed by atoms with van der Waals surface area (Å²) in [4.78, 5) is 12.3. The Morgan fingerprint density at radius 2 is 2.19 bits per heavy atom. The summed E-state index contributed by atoms with van der Waals surface area (Å²) in [6, 6.07) is 7.70. The number of benzene rings is 1. The van der Waals surface area contributed by atoms with Crippen LogP contribution in [0.4, 0.5) is 0 Å². The van der Waals surface area contributed by atoms with Crippen molar-refractivity contribution in [3.8, 4) is 5.75 Å². The Labute approximate surface area is 130 Å². The molecule has 0 saturated carbocycles. The molecule has 0 bridgehead atoms. The van der Waals surface area contributed by atoms with Gasteiger partial charge in [-0.1, -0.05) is 18.2 Å². The van der Waals surface area contributed by atoms with E-state index < -0.39 is 0 Å². The number of hydrogen-bond acceptors (Lipinski definition) is 4. The Morgan fingerprint density at radius 1 is 1.38 bits per heavy atom. The minimum absolute atomic E-state index is 0. The predicted molar refractivity (Wildman–Crippen MR) is 82.0 cm³/mol. The van der Waals surface area contributed by atoms with Crippen molar-refractivity contribution in [3.05, 3.63) is 29.8 Å². The molecule has 0 radical (unpaired) electrons. The molecule has 0 aromatic heterocycles. The summed E-state index contributed by atoms with van der Waals surface area (Å²) in [6.07, 6.45) is 0.713. The molecule has 3 rings (SSSR count). The number of rotatable bonds is 2. The zero-order chi connectivity index (χ0) is 13.9. The summed E-state index contributed by atoms with van der Waals surface area (Å²) in [7, 11) is 0. The highest BCUT2D eigenvalue weighted by Gasteiger charge is 2.30. The van der Waals surface area contributed by atoms with Crippen molar-refractivity contribution >= 4 is 18.3 Å². The van der Waals surface area contributed by atoms with Crippen LogP contribution in [-0.2, 0) is 16.0 Å². The quantitative estimate of drug-likeness (QED) is 0.852. The first-order chi connectivity index (χ1) is 9.74. The number of nitrogens with one attached hydrogen (secondary N) is 2. The van der Waals surface area contributed by atoms with E-state index in [9.17, 15) is 4.79 Å². The minimum atomic E-state index is -0.277. The molecule has 0 spiro atoms. The maximum Gasteiger partial charge on any atom is 0.240 e. The van der Waals surface area contributed by atoms with Crippen molar-refractivity contribution in [2.24, 2.45) is 0 Å². The number of carbonyl (C=O) groups excluding carboxylic acids is 1.